The van der Waals surface area contributed by atoms with Crippen molar-refractivity contribution in [1.82, 2.24) is 10.2 Å². The van der Waals surface area contributed by atoms with Crippen molar-refractivity contribution in [2.75, 3.05) is 19.7 Å². The first-order chi connectivity index (χ1) is 11.6. The Kier molecular flexibility index (Phi) is 7.53. The maximum absolute atomic E-state index is 12.4. The molecule has 24 heavy (non-hydrogen) atoms. The van der Waals surface area contributed by atoms with E-state index >= 15 is 0 Å². The first kappa shape index (κ1) is 18.7. The number of benzene rings is 1. The van der Waals surface area contributed by atoms with Crippen LogP contribution in [0.5, 0.6) is 0 Å². The summed E-state index contributed by atoms with van der Waals surface area (Å²) in [5.41, 5.74) is 0.999. The largest absolute Gasteiger partial charge is 0.445 e. The Morgan fingerprint density at radius 3 is 2.79 bits per heavy atom. The zero-order chi connectivity index (χ0) is 17.4. The summed E-state index contributed by atoms with van der Waals surface area (Å²) in [6.07, 6.45) is 2.53. The third-order valence-corrected chi connectivity index (χ3v) is 4.48. The molecule has 0 bridgehead atoms. The molecule has 1 aromatic rings. The zero-order valence-corrected chi connectivity index (χ0v) is 14.8. The van der Waals surface area contributed by atoms with Crippen LogP contribution >= 0.6 is 0 Å². The summed E-state index contributed by atoms with van der Waals surface area (Å²) < 4.78 is 5.45. The average Bonchev–Trinajstić information content (AvgIpc) is 2.60. The van der Waals surface area contributed by atoms with Crippen molar-refractivity contribution in [2.45, 2.75) is 51.8 Å². The summed E-state index contributed by atoms with van der Waals surface area (Å²) in [6.45, 7) is 6.14. The molecule has 134 valence electrons. The lowest BCUT2D eigenvalue weighted by atomic mass is 9.88. The number of aliphatic hydroxyl groups is 1. The summed E-state index contributed by atoms with van der Waals surface area (Å²) in [5, 5.41) is 12.8. The van der Waals surface area contributed by atoms with Crippen LogP contribution in [0.3, 0.4) is 0 Å². The monoisotopic (exact) mass is 334 g/mol. The first-order valence-corrected chi connectivity index (χ1v) is 8.92. The maximum Gasteiger partial charge on any atom is 0.410 e. The van der Waals surface area contributed by atoms with Crippen LogP contribution < -0.4 is 5.32 Å². The smallest absolute Gasteiger partial charge is 0.410 e. The van der Waals surface area contributed by atoms with Gasteiger partial charge in [0.2, 0.25) is 0 Å². The highest BCUT2D eigenvalue weighted by Gasteiger charge is 2.30. The van der Waals surface area contributed by atoms with Gasteiger partial charge in [-0.2, -0.15) is 0 Å². The number of amides is 1. The van der Waals surface area contributed by atoms with E-state index in [1.807, 2.05) is 35.2 Å². The normalized spacial score (nSPS) is 19.3. The number of hydrogen-bond donors (Lipinski definition) is 2. The molecule has 1 aromatic carbocycles. The molecule has 1 aliphatic heterocycles. The van der Waals surface area contributed by atoms with Gasteiger partial charge in [-0.15, -0.1) is 0 Å². The van der Waals surface area contributed by atoms with Gasteiger partial charge in [0.1, 0.15) is 6.61 Å². The van der Waals surface area contributed by atoms with Gasteiger partial charge in [-0.25, -0.2) is 4.79 Å². The van der Waals surface area contributed by atoms with Crippen LogP contribution in [-0.2, 0) is 11.3 Å². The zero-order valence-electron chi connectivity index (χ0n) is 14.8. The quantitative estimate of drug-likeness (QED) is 0.805. The molecule has 1 aliphatic rings. The van der Waals surface area contributed by atoms with Crippen molar-refractivity contribution in [3.05, 3.63) is 35.9 Å². The maximum atomic E-state index is 12.4. The van der Waals surface area contributed by atoms with Crippen molar-refractivity contribution in [1.29, 1.82) is 0 Å². The molecular weight excluding hydrogens is 304 g/mol. The minimum absolute atomic E-state index is 0.166. The van der Waals surface area contributed by atoms with Crippen molar-refractivity contribution >= 4 is 6.09 Å². The Morgan fingerprint density at radius 1 is 1.38 bits per heavy atom. The second kappa shape index (κ2) is 9.64. The Bertz CT molecular complexity index is 493. The molecule has 0 unspecified atom stereocenters. The lowest BCUT2D eigenvalue weighted by Crippen LogP contribution is -2.49. The minimum atomic E-state index is -0.240. The molecule has 0 saturated carbocycles. The topological polar surface area (TPSA) is 61.8 Å². The van der Waals surface area contributed by atoms with E-state index in [0.717, 1.165) is 31.4 Å². The summed E-state index contributed by atoms with van der Waals surface area (Å²) >= 11 is 0. The second-order valence-electron chi connectivity index (χ2n) is 6.83. The van der Waals surface area contributed by atoms with Crippen LogP contribution in [-0.4, -0.2) is 47.9 Å². The molecule has 1 heterocycles. The molecule has 2 rings (SSSR count). The van der Waals surface area contributed by atoms with E-state index in [1.165, 1.54) is 0 Å². The summed E-state index contributed by atoms with van der Waals surface area (Å²) in [4.78, 5) is 14.2. The molecule has 2 atom stereocenters. The van der Waals surface area contributed by atoms with Crippen LogP contribution in [0.25, 0.3) is 0 Å². The SMILES string of the molecule is CC(C)N[C@@H](CCO)[C@H]1CCCN(C(=O)OCc2ccccc2)C1. The first-order valence-electron chi connectivity index (χ1n) is 8.92. The van der Waals surface area contributed by atoms with Gasteiger partial charge in [-0.1, -0.05) is 44.2 Å². The van der Waals surface area contributed by atoms with Crippen molar-refractivity contribution in [3.8, 4) is 0 Å². The van der Waals surface area contributed by atoms with Gasteiger partial charge in [0.05, 0.1) is 0 Å². The van der Waals surface area contributed by atoms with Gasteiger partial charge in [0.25, 0.3) is 0 Å². The van der Waals surface area contributed by atoms with Crippen LogP contribution in [0.4, 0.5) is 4.79 Å². The Morgan fingerprint density at radius 2 is 2.12 bits per heavy atom. The van der Waals surface area contributed by atoms with Crippen molar-refractivity contribution in [3.63, 3.8) is 0 Å². The highest BCUT2D eigenvalue weighted by atomic mass is 16.6. The summed E-state index contributed by atoms with van der Waals surface area (Å²) in [7, 11) is 0. The van der Waals surface area contributed by atoms with E-state index in [1.54, 1.807) is 0 Å². The number of nitrogens with one attached hydrogen (secondary N) is 1. The highest BCUT2D eigenvalue weighted by molar-refractivity contribution is 5.67. The predicted molar refractivity (Wildman–Crippen MR) is 94.7 cm³/mol. The molecule has 0 radical (unpaired) electrons. The standard InChI is InChI=1S/C19H30N2O3/c1-15(2)20-18(10-12-22)17-9-6-11-21(13-17)19(23)24-14-16-7-4-3-5-8-16/h3-5,7-8,15,17-18,20,22H,6,9-14H2,1-2H3/t17-,18-/m0/s1. The molecule has 0 aromatic heterocycles. The van der Waals surface area contributed by atoms with E-state index in [4.69, 9.17) is 4.74 Å². The van der Waals surface area contributed by atoms with Gasteiger partial charge in [-0.3, -0.25) is 0 Å². The van der Waals surface area contributed by atoms with E-state index in [9.17, 15) is 9.90 Å². The molecule has 5 nitrogen and oxygen atoms in total. The molecule has 0 aliphatic carbocycles. The minimum Gasteiger partial charge on any atom is -0.445 e. The molecule has 2 N–H and O–H groups in total. The van der Waals surface area contributed by atoms with E-state index < -0.39 is 0 Å². The summed E-state index contributed by atoms with van der Waals surface area (Å²) in [6, 6.07) is 10.3. The lowest BCUT2D eigenvalue weighted by Gasteiger charge is -2.37. The van der Waals surface area contributed by atoms with E-state index in [-0.39, 0.29) is 18.7 Å². The lowest BCUT2D eigenvalue weighted by molar-refractivity contribution is 0.0705. The third kappa shape index (κ3) is 5.80. The number of hydrogen-bond acceptors (Lipinski definition) is 4. The molecule has 5 heteroatoms. The van der Waals surface area contributed by atoms with Crippen LogP contribution in [0.2, 0.25) is 0 Å². The average molecular weight is 334 g/mol. The number of nitrogens with zero attached hydrogens (tertiary/aromatic N) is 1. The van der Waals surface area contributed by atoms with Crippen LogP contribution in [0.1, 0.15) is 38.7 Å². The highest BCUT2D eigenvalue weighted by Crippen LogP contribution is 2.22. The number of rotatable bonds is 7. The van der Waals surface area contributed by atoms with E-state index in [0.29, 0.717) is 25.1 Å². The number of carbonyl (C=O) groups excluding carboxylic acids is 1. The van der Waals surface area contributed by atoms with Crippen LogP contribution in [0, 0.1) is 5.92 Å². The Hall–Kier alpha value is -1.59. The Labute approximate surface area is 145 Å². The fourth-order valence-corrected chi connectivity index (χ4v) is 3.34. The number of carbonyl (C=O) groups is 1. The fourth-order valence-electron chi connectivity index (χ4n) is 3.34. The molecule has 1 saturated heterocycles. The van der Waals surface area contributed by atoms with Gasteiger partial charge >= 0.3 is 6.09 Å². The predicted octanol–water partition coefficient (Wildman–Crippen LogP) is 2.78. The van der Waals surface area contributed by atoms with Crippen LogP contribution in [0.15, 0.2) is 30.3 Å². The molecule has 1 fully saturated rings. The molecule has 1 amide bonds. The number of ether oxygens (including phenoxy) is 1. The number of aliphatic hydroxyl groups excluding tert-OH is 1. The van der Waals surface area contributed by atoms with Gasteiger partial charge < -0.3 is 20.1 Å². The number of piperidine rings is 1. The van der Waals surface area contributed by atoms with Gasteiger partial charge in [0, 0.05) is 31.8 Å². The van der Waals surface area contributed by atoms with E-state index in [2.05, 4.69) is 19.2 Å². The van der Waals surface area contributed by atoms with Crippen molar-refractivity contribution in [2.24, 2.45) is 5.92 Å². The second-order valence-corrected chi connectivity index (χ2v) is 6.83. The number of likely N-dealkylation sites (tertiary alicyclic amines) is 1. The third-order valence-electron chi connectivity index (χ3n) is 4.48. The molecule has 0 spiro atoms. The fraction of sp³-hybridized carbons (Fsp3) is 0.632. The van der Waals surface area contributed by atoms with Gasteiger partial charge in [0.15, 0.2) is 0 Å². The Balaban J connectivity index is 1.87. The molecular formula is C19H30N2O3. The summed E-state index contributed by atoms with van der Waals surface area (Å²) in [5.74, 6) is 0.359. The van der Waals surface area contributed by atoms with Gasteiger partial charge in [-0.05, 0) is 30.7 Å². The van der Waals surface area contributed by atoms with Crippen molar-refractivity contribution < 1.29 is 14.6 Å².